The molecule has 6 nitrogen and oxygen atoms in total. The number of nitrogens with zero attached hydrogens (tertiary/aromatic N) is 3. The van der Waals surface area contributed by atoms with E-state index in [-0.39, 0.29) is 29.2 Å². The van der Waals surface area contributed by atoms with Crippen LogP contribution in [0.5, 0.6) is 0 Å². The van der Waals surface area contributed by atoms with Gasteiger partial charge in [0.2, 0.25) is 11.8 Å². The van der Waals surface area contributed by atoms with Gasteiger partial charge in [0.05, 0.1) is 11.5 Å². The van der Waals surface area contributed by atoms with Gasteiger partial charge in [-0.2, -0.15) is 5.10 Å². The number of rotatable bonds is 3. The first-order chi connectivity index (χ1) is 10.8. The Hall–Kier alpha value is -1.85. The molecular weight excluding hydrogens is 292 g/mol. The molecule has 0 spiro atoms. The zero-order valence-electron chi connectivity index (χ0n) is 14.4. The minimum absolute atomic E-state index is 0.0459. The van der Waals surface area contributed by atoms with Crippen LogP contribution in [0.25, 0.3) is 0 Å². The zero-order chi connectivity index (χ0) is 16.8. The molecular formula is C17H26N4O2. The molecule has 1 saturated heterocycles. The average molecular weight is 318 g/mol. The van der Waals surface area contributed by atoms with Crippen LogP contribution in [0.1, 0.15) is 39.7 Å². The highest BCUT2D eigenvalue weighted by molar-refractivity contribution is 5.87. The lowest BCUT2D eigenvalue weighted by Gasteiger charge is -2.47. The summed E-state index contributed by atoms with van der Waals surface area (Å²) in [4.78, 5) is 27.2. The second kappa shape index (κ2) is 5.35. The van der Waals surface area contributed by atoms with Gasteiger partial charge in [-0.15, -0.1) is 0 Å². The van der Waals surface area contributed by atoms with Crippen LogP contribution < -0.4 is 5.32 Å². The van der Waals surface area contributed by atoms with E-state index >= 15 is 0 Å². The van der Waals surface area contributed by atoms with Gasteiger partial charge in [0.25, 0.3) is 0 Å². The van der Waals surface area contributed by atoms with E-state index in [4.69, 9.17) is 0 Å². The van der Waals surface area contributed by atoms with Gasteiger partial charge in [-0.05, 0) is 24.3 Å². The van der Waals surface area contributed by atoms with Crippen molar-refractivity contribution in [2.24, 2.45) is 16.7 Å². The Bertz CT molecular complexity index is 604. The molecule has 0 radical (unpaired) electrons. The highest BCUT2D eigenvalue weighted by Gasteiger charge is 2.59. The maximum absolute atomic E-state index is 13.1. The van der Waals surface area contributed by atoms with Gasteiger partial charge in [0.1, 0.15) is 0 Å². The van der Waals surface area contributed by atoms with E-state index in [0.29, 0.717) is 13.1 Å². The van der Waals surface area contributed by atoms with Gasteiger partial charge in [0, 0.05) is 38.4 Å². The van der Waals surface area contributed by atoms with Crippen LogP contribution in [0.3, 0.4) is 0 Å². The normalized spacial score (nSPS) is 30.1. The minimum Gasteiger partial charge on any atom is -0.359 e. The van der Waals surface area contributed by atoms with Crippen molar-refractivity contribution < 1.29 is 9.59 Å². The smallest absolute Gasteiger partial charge is 0.229 e. The first-order valence-corrected chi connectivity index (χ1v) is 8.31. The van der Waals surface area contributed by atoms with Gasteiger partial charge < -0.3 is 10.2 Å². The van der Waals surface area contributed by atoms with Crippen LogP contribution in [0, 0.1) is 16.7 Å². The molecule has 126 valence electrons. The van der Waals surface area contributed by atoms with Crippen LogP contribution in [-0.4, -0.2) is 46.6 Å². The standard InChI is InChI=1S/C17H26N4O2/c1-16(2)13(14(22)18-4)6-7-17(16,3)15(23)20-10-12(11-20)21-9-5-8-19-21/h5,8-9,12-13H,6-7,10-11H2,1-4H3,(H,18,22)/t13-,17+/m0/s1. The van der Waals surface area contributed by atoms with Crippen LogP contribution in [-0.2, 0) is 9.59 Å². The number of likely N-dealkylation sites (tertiary alicyclic amines) is 1. The summed E-state index contributed by atoms with van der Waals surface area (Å²) in [7, 11) is 1.67. The third kappa shape index (κ3) is 2.26. The lowest BCUT2D eigenvalue weighted by atomic mass is 9.64. The fourth-order valence-corrected chi connectivity index (χ4v) is 4.15. The van der Waals surface area contributed by atoms with E-state index in [9.17, 15) is 9.59 Å². The van der Waals surface area contributed by atoms with Crippen LogP contribution >= 0.6 is 0 Å². The molecule has 2 aliphatic rings. The molecule has 1 aliphatic carbocycles. The SMILES string of the molecule is CNC(=O)[C@@H]1CC[C@](C)(C(=O)N2CC(n3cccn3)C2)C1(C)C. The van der Waals surface area contributed by atoms with Crippen molar-refractivity contribution in [1.82, 2.24) is 20.0 Å². The molecule has 0 aromatic carbocycles. The first-order valence-electron chi connectivity index (χ1n) is 8.31. The maximum Gasteiger partial charge on any atom is 0.229 e. The number of amides is 2. The van der Waals surface area contributed by atoms with Crippen molar-refractivity contribution in [2.75, 3.05) is 20.1 Å². The molecule has 2 atom stereocenters. The molecule has 0 bridgehead atoms. The molecule has 1 aromatic heterocycles. The number of carbonyl (C=O) groups excluding carboxylic acids is 2. The van der Waals surface area contributed by atoms with Gasteiger partial charge in [0.15, 0.2) is 0 Å². The summed E-state index contributed by atoms with van der Waals surface area (Å²) in [5.41, 5.74) is -0.833. The van der Waals surface area contributed by atoms with E-state index in [0.717, 1.165) is 12.8 Å². The molecule has 2 fully saturated rings. The summed E-state index contributed by atoms with van der Waals surface area (Å²) in [6, 6.07) is 2.18. The monoisotopic (exact) mass is 318 g/mol. The predicted molar refractivity (Wildman–Crippen MR) is 86.5 cm³/mol. The predicted octanol–water partition coefficient (Wildman–Crippen LogP) is 1.45. The minimum atomic E-state index is -0.487. The first kappa shape index (κ1) is 16.0. The fraction of sp³-hybridized carbons (Fsp3) is 0.706. The summed E-state index contributed by atoms with van der Waals surface area (Å²) in [6.45, 7) is 7.55. The number of hydrogen-bond acceptors (Lipinski definition) is 3. The lowest BCUT2D eigenvalue weighted by Crippen LogP contribution is -2.58. The molecule has 0 unspecified atom stereocenters. The van der Waals surface area contributed by atoms with Crippen molar-refractivity contribution in [3.63, 3.8) is 0 Å². The molecule has 1 saturated carbocycles. The van der Waals surface area contributed by atoms with Crippen molar-refractivity contribution in [2.45, 2.75) is 39.7 Å². The third-order valence-electron chi connectivity index (χ3n) is 6.31. The Balaban J connectivity index is 1.71. The van der Waals surface area contributed by atoms with Crippen molar-refractivity contribution in [3.05, 3.63) is 18.5 Å². The Kier molecular flexibility index (Phi) is 3.73. The Morgan fingerprint density at radius 2 is 1.96 bits per heavy atom. The Morgan fingerprint density at radius 1 is 1.26 bits per heavy atom. The maximum atomic E-state index is 13.1. The highest BCUT2D eigenvalue weighted by atomic mass is 16.2. The molecule has 1 N–H and O–H groups in total. The summed E-state index contributed by atoms with van der Waals surface area (Å²) < 4.78 is 1.92. The Labute approximate surface area is 137 Å². The molecule has 23 heavy (non-hydrogen) atoms. The second-order valence-corrected chi connectivity index (χ2v) is 7.61. The summed E-state index contributed by atoms with van der Waals surface area (Å²) in [6.07, 6.45) is 5.24. The Morgan fingerprint density at radius 3 is 2.52 bits per heavy atom. The van der Waals surface area contributed by atoms with Crippen molar-refractivity contribution in [3.8, 4) is 0 Å². The molecule has 1 aromatic rings. The van der Waals surface area contributed by atoms with E-state index in [1.165, 1.54) is 0 Å². The van der Waals surface area contributed by atoms with E-state index < -0.39 is 5.41 Å². The molecule has 6 heteroatoms. The molecule has 2 amide bonds. The lowest BCUT2D eigenvalue weighted by molar-refractivity contribution is -0.154. The van der Waals surface area contributed by atoms with Gasteiger partial charge in [-0.25, -0.2) is 0 Å². The largest absolute Gasteiger partial charge is 0.359 e. The van der Waals surface area contributed by atoms with Crippen LogP contribution in [0.15, 0.2) is 18.5 Å². The third-order valence-corrected chi connectivity index (χ3v) is 6.31. The second-order valence-electron chi connectivity index (χ2n) is 7.61. The van der Waals surface area contributed by atoms with Crippen molar-refractivity contribution >= 4 is 11.8 Å². The number of hydrogen-bond donors (Lipinski definition) is 1. The number of nitrogens with one attached hydrogen (secondary N) is 1. The van der Waals surface area contributed by atoms with E-state index in [1.54, 1.807) is 13.2 Å². The zero-order valence-corrected chi connectivity index (χ0v) is 14.4. The van der Waals surface area contributed by atoms with Gasteiger partial charge >= 0.3 is 0 Å². The number of aromatic nitrogens is 2. The van der Waals surface area contributed by atoms with E-state index in [1.807, 2.05) is 28.8 Å². The highest BCUT2D eigenvalue weighted by Crippen LogP contribution is 2.57. The van der Waals surface area contributed by atoms with Gasteiger partial charge in [-0.3, -0.25) is 14.3 Å². The van der Waals surface area contributed by atoms with Crippen LogP contribution in [0.4, 0.5) is 0 Å². The number of carbonyl (C=O) groups is 2. The quantitative estimate of drug-likeness (QED) is 0.917. The average Bonchev–Trinajstić information content (AvgIpc) is 3.05. The summed E-state index contributed by atoms with van der Waals surface area (Å²) >= 11 is 0. The van der Waals surface area contributed by atoms with Crippen LogP contribution in [0.2, 0.25) is 0 Å². The molecule has 3 rings (SSSR count). The summed E-state index contributed by atoms with van der Waals surface area (Å²) in [5, 5.41) is 6.99. The topological polar surface area (TPSA) is 67.2 Å². The molecule has 2 heterocycles. The van der Waals surface area contributed by atoms with Crippen molar-refractivity contribution in [1.29, 1.82) is 0 Å². The fourth-order valence-electron chi connectivity index (χ4n) is 4.15. The summed E-state index contributed by atoms with van der Waals surface area (Å²) in [5.74, 6) is 0.117. The van der Waals surface area contributed by atoms with E-state index in [2.05, 4.69) is 24.3 Å². The van der Waals surface area contributed by atoms with Gasteiger partial charge in [-0.1, -0.05) is 20.8 Å². The molecule has 1 aliphatic heterocycles.